The van der Waals surface area contributed by atoms with Crippen molar-refractivity contribution in [2.75, 3.05) is 5.32 Å². The van der Waals surface area contributed by atoms with E-state index in [-0.39, 0.29) is 5.54 Å². The molecular formula is C10H14ClN3. The van der Waals surface area contributed by atoms with E-state index in [2.05, 4.69) is 29.1 Å². The van der Waals surface area contributed by atoms with E-state index in [1.54, 1.807) is 6.20 Å². The fourth-order valence-electron chi connectivity index (χ4n) is 1.64. The summed E-state index contributed by atoms with van der Waals surface area (Å²) in [4.78, 5) is 8.15. The Kier molecular flexibility index (Phi) is 2.35. The Bertz CT molecular complexity index is 334. The van der Waals surface area contributed by atoms with Gasteiger partial charge in [-0.05, 0) is 32.6 Å². The third-order valence-electron chi connectivity index (χ3n) is 2.65. The zero-order valence-corrected chi connectivity index (χ0v) is 9.17. The van der Waals surface area contributed by atoms with Crippen LogP contribution in [0.3, 0.4) is 0 Å². The molecule has 0 atom stereocenters. The van der Waals surface area contributed by atoms with Crippen molar-refractivity contribution in [1.82, 2.24) is 9.97 Å². The van der Waals surface area contributed by atoms with Gasteiger partial charge in [0, 0.05) is 5.54 Å². The van der Waals surface area contributed by atoms with Crippen LogP contribution in [0.15, 0.2) is 12.4 Å². The van der Waals surface area contributed by atoms with Gasteiger partial charge in [0.05, 0.1) is 12.4 Å². The van der Waals surface area contributed by atoms with Crippen LogP contribution in [-0.4, -0.2) is 15.5 Å². The second kappa shape index (κ2) is 3.39. The van der Waals surface area contributed by atoms with Crippen LogP contribution < -0.4 is 5.32 Å². The summed E-state index contributed by atoms with van der Waals surface area (Å²) >= 11 is 5.76. The van der Waals surface area contributed by atoms with Gasteiger partial charge in [-0.15, -0.1) is 0 Å². The minimum Gasteiger partial charge on any atom is -0.364 e. The number of hydrogen-bond acceptors (Lipinski definition) is 3. The molecular weight excluding hydrogens is 198 g/mol. The second-order valence-electron chi connectivity index (χ2n) is 4.35. The molecule has 1 saturated carbocycles. The maximum absolute atomic E-state index is 5.76. The van der Waals surface area contributed by atoms with Crippen molar-refractivity contribution in [2.24, 2.45) is 5.92 Å². The van der Waals surface area contributed by atoms with E-state index in [1.165, 1.54) is 19.0 Å². The first kappa shape index (κ1) is 9.71. The van der Waals surface area contributed by atoms with E-state index in [4.69, 9.17) is 11.6 Å². The van der Waals surface area contributed by atoms with E-state index in [9.17, 15) is 0 Å². The number of aromatic nitrogens is 2. The van der Waals surface area contributed by atoms with Gasteiger partial charge < -0.3 is 5.32 Å². The van der Waals surface area contributed by atoms with Gasteiger partial charge in [-0.25, -0.2) is 4.98 Å². The lowest BCUT2D eigenvalue weighted by Gasteiger charge is -2.26. The van der Waals surface area contributed by atoms with Crippen molar-refractivity contribution in [1.29, 1.82) is 0 Å². The SMILES string of the molecule is CC(C)(Nc1cncc(Cl)n1)C1CC1. The van der Waals surface area contributed by atoms with E-state index < -0.39 is 0 Å². The predicted molar refractivity (Wildman–Crippen MR) is 57.5 cm³/mol. The van der Waals surface area contributed by atoms with Gasteiger partial charge in [-0.3, -0.25) is 4.98 Å². The summed E-state index contributed by atoms with van der Waals surface area (Å²) in [5.74, 6) is 1.51. The van der Waals surface area contributed by atoms with E-state index in [0.29, 0.717) is 5.15 Å². The molecule has 1 heterocycles. The number of anilines is 1. The molecule has 0 saturated heterocycles. The molecule has 14 heavy (non-hydrogen) atoms. The third-order valence-corrected chi connectivity index (χ3v) is 2.84. The van der Waals surface area contributed by atoms with Crippen LogP contribution in [0.4, 0.5) is 5.82 Å². The van der Waals surface area contributed by atoms with Crippen LogP contribution in [0.5, 0.6) is 0 Å². The fraction of sp³-hybridized carbons (Fsp3) is 0.600. The molecule has 1 aromatic rings. The highest BCUT2D eigenvalue weighted by Crippen LogP contribution is 2.40. The summed E-state index contributed by atoms with van der Waals surface area (Å²) < 4.78 is 0. The first-order valence-electron chi connectivity index (χ1n) is 4.84. The normalized spacial score (nSPS) is 16.8. The monoisotopic (exact) mass is 211 g/mol. The van der Waals surface area contributed by atoms with Crippen molar-refractivity contribution < 1.29 is 0 Å². The van der Waals surface area contributed by atoms with Gasteiger partial charge in [0.1, 0.15) is 11.0 Å². The second-order valence-corrected chi connectivity index (χ2v) is 4.74. The molecule has 4 heteroatoms. The number of halogens is 1. The molecule has 0 radical (unpaired) electrons. The minimum absolute atomic E-state index is 0.0966. The molecule has 1 aliphatic rings. The third kappa shape index (κ3) is 2.15. The van der Waals surface area contributed by atoms with Crippen LogP contribution in [0, 0.1) is 5.92 Å². The van der Waals surface area contributed by atoms with Crippen molar-refractivity contribution in [3.05, 3.63) is 17.5 Å². The molecule has 0 unspecified atom stereocenters. The van der Waals surface area contributed by atoms with Gasteiger partial charge >= 0.3 is 0 Å². The van der Waals surface area contributed by atoms with Crippen LogP contribution in [0.25, 0.3) is 0 Å². The fourth-order valence-corrected chi connectivity index (χ4v) is 1.79. The summed E-state index contributed by atoms with van der Waals surface area (Å²) in [5.41, 5.74) is 0.0966. The average Bonchev–Trinajstić information content (AvgIpc) is 2.84. The van der Waals surface area contributed by atoms with Gasteiger partial charge in [-0.1, -0.05) is 11.6 Å². The van der Waals surface area contributed by atoms with Crippen molar-refractivity contribution in [3.63, 3.8) is 0 Å². The highest BCUT2D eigenvalue weighted by molar-refractivity contribution is 6.29. The summed E-state index contributed by atoms with van der Waals surface area (Å²) in [6, 6.07) is 0. The lowest BCUT2D eigenvalue weighted by molar-refractivity contribution is 0.492. The first-order chi connectivity index (χ1) is 6.58. The largest absolute Gasteiger partial charge is 0.364 e. The lowest BCUT2D eigenvalue weighted by atomic mass is 9.99. The molecule has 0 spiro atoms. The molecule has 2 rings (SSSR count). The summed E-state index contributed by atoms with van der Waals surface area (Å²) in [7, 11) is 0. The van der Waals surface area contributed by atoms with Gasteiger partial charge in [0.2, 0.25) is 0 Å². The summed E-state index contributed by atoms with van der Waals surface area (Å²) in [6.07, 6.45) is 5.84. The predicted octanol–water partition coefficient (Wildman–Crippen LogP) is 2.73. The number of rotatable bonds is 3. The average molecular weight is 212 g/mol. The van der Waals surface area contributed by atoms with Crippen molar-refractivity contribution in [3.8, 4) is 0 Å². The van der Waals surface area contributed by atoms with Gasteiger partial charge in [-0.2, -0.15) is 0 Å². The molecule has 1 N–H and O–H groups in total. The first-order valence-corrected chi connectivity index (χ1v) is 5.21. The van der Waals surface area contributed by atoms with Crippen molar-refractivity contribution >= 4 is 17.4 Å². The number of nitrogens with zero attached hydrogens (tertiary/aromatic N) is 2. The molecule has 0 aromatic carbocycles. The Balaban J connectivity index is 2.09. The van der Waals surface area contributed by atoms with Crippen LogP contribution in [0.2, 0.25) is 5.15 Å². The standard InChI is InChI=1S/C10H14ClN3/c1-10(2,7-3-4-7)14-9-6-12-5-8(11)13-9/h5-7H,3-4H2,1-2H3,(H,13,14). The van der Waals surface area contributed by atoms with E-state index >= 15 is 0 Å². The van der Waals surface area contributed by atoms with Gasteiger partial charge in [0.25, 0.3) is 0 Å². The highest BCUT2D eigenvalue weighted by Gasteiger charge is 2.37. The van der Waals surface area contributed by atoms with Gasteiger partial charge in [0.15, 0.2) is 0 Å². The Morgan fingerprint density at radius 2 is 2.14 bits per heavy atom. The molecule has 1 aromatic heterocycles. The zero-order chi connectivity index (χ0) is 10.2. The lowest BCUT2D eigenvalue weighted by Crippen LogP contribution is -2.33. The Morgan fingerprint density at radius 1 is 1.43 bits per heavy atom. The topological polar surface area (TPSA) is 37.8 Å². The number of nitrogens with one attached hydrogen (secondary N) is 1. The molecule has 76 valence electrons. The number of hydrogen-bond donors (Lipinski definition) is 1. The highest BCUT2D eigenvalue weighted by atomic mass is 35.5. The summed E-state index contributed by atoms with van der Waals surface area (Å²) in [6.45, 7) is 4.38. The Labute approximate surface area is 88.9 Å². The van der Waals surface area contributed by atoms with Crippen LogP contribution in [-0.2, 0) is 0 Å². The molecule has 0 aliphatic heterocycles. The summed E-state index contributed by atoms with van der Waals surface area (Å²) in [5, 5.41) is 3.79. The quantitative estimate of drug-likeness (QED) is 0.836. The molecule has 0 amide bonds. The van der Waals surface area contributed by atoms with E-state index in [0.717, 1.165) is 11.7 Å². The molecule has 1 aliphatic carbocycles. The Morgan fingerprint density at radius 3 is 2.71 bits per heavy atom. The molecule has 1 fully saturated rings. The zero-order valence-electron chi connectivity index (χ0n) is 8.42. The minimum atomic E-state index is 0.0966. The molecule has 0 bridgehead atoms. The molecule has 3 nitrogen and oxygen atoms in total. The smallest absolute Gasteiger partial charge is 0.149 e. The maximum atomic E-state index is 5.76. The van der Waals surface area contributed by atoms with Crippen LogP contribution in [0.1, 0.15) is 26.7 Å². The maximum Gasteiger partial charge on any atom is 0.149 e. The van der Waals surface area contributed by atoms with Crippen molar-refractivity contribution in [2.45, 2.75) is 32.2 Å². The van der Waals surface area contributed by atoms with E-state index in [1.807, 2.05) is 0 Å². The van der Waals surface area contributed by atoms with Crippen LogP contribution >= 0.6 is 11.6 Å². The Hall–Kier alpha value is -0.830.